The van der Waals surface area contributed by atoms with Crippen molar-refractivity contribution in [3.05, 3.63) is 96.1 Å². The number of aryl methyl sites for hydroxylation is 1. The molecule has 6 nitrogen and oxygen atoms in total. The minimum absolute atomic E-state index is 0.121. The summed E-state index contributed by atoms with van der Waals surface area (Å²) in [6.07, 6.45) is 0. The van der Waals surface area contributed by atoms with E-state index >= 15 is 0 Å². The summed E-state index contributed by atoms with van der Waals surface area (Å²) in [6, 6.07) is 24.5. The van der Waals surface area contributed by atoms with Crippen LogP contribution < -0.4 is 14.8 Å². The highest BCUT2D eigenvalue weighted by Gasteiger charge is 2.17. The zero-order valence-electron chi connectivity index (χ0n) is 17.6. The molecule has 0 aliphatic heterocycles. The third kappa shape index (κ3) is 4.43. The van der Waals surface area contributed by atoms with Gasteiger partial charge in [0.2, 0.25) is 0 Å². The van der Waals surface area contributed by atoms with Gasteiger partial charge in [0.15, 0.2) is 0 Å². The maximum Gasteiger partial charge on any atom is 0.261 e. The van der Waals surface area contributed by atoms with E-state index in [-0.39, 0.29) is 10.8 Å². The zero-order chi connectivity index (χ0) is 22.7. The van der Waals surface area contributed by atoms with Gasteiger partial charge in [0.25, 0.3) is 15.9 Å². The van der Waals surface area contributed by atoms with Crippen LogP contribution in [0, 0.1) is 6.92 Å². The van der Waals surface area contributed by atoms with Crippen molar-refractivity contribution in [2.75, 3.05) is 17.1 Å². The van der Waals surface area contributed by atoms with E-state index in [4.69, 9.17) is 4.74 Å². The smallest absolute Gasteiger partial charge is 0.261 e. The summed E-state index contributed by atoms with van der Waals surface area (Å²) in [5.74, 6) is 0.302. The van der Waals surface area contributed by atoms with Crippen LogP contribution in [-0.2, 0) is 10.0 Å². The van der Waals surface area contributed by atoms with Crippen LogP contribution in [0.4, 0.5) is 11.4 Å². The van der Waals surface area contributed by atoms with E-state index in [1.54, 1.807) is 37.3 Å². The molecule has 7 heteroatoms. The average molecular weight is 447 g/mol. The maximum atomic E-state index is 12.8. The minimum atomic E-state index is -3.77. The lowest BCUT2D eigenvalue weighted by Gasteiger charge is -2.13. The molecule has 0 saturated carbocycles. The van der Waals surface area contributed by atoms with Crippen LogP contribution in [0.15, 0.2) is 89.8 Å². The Morgan fingerprint density at radius 2 is 1.56 bits per heavy atom. The highest BCUT2D eigenvalue weighted by molar-refractivity contribution is 7.92. The number of carbonyl (C=O) groups excluding carboxylic acids is 1. The maximum absolute atomic E-state index is 12.8. The van der Waals surface area contributed by atoms with Gasteiger partial charge in [-0.15, -0.1) is 0 Å². The highest BCUT2D eigenvalue weighted by atomic mass is 32.2. The van der Waals surface area contributed by atoms with Gasteiger partial charge in [-0.2, -0.15) is 0 Å². The summed E-state index contributed by atoms with van der Waals surface area (Å²) < 4.78 is 33.1. The largest absolute Gasteiger partial charge is 0.497 e. The molecule has 0 atom stereocenters. The van der Waals surface area contributed by atoms with Gasteiger partial charge in [-0.1, -0.05) is 36.4 Å². The van der Waals surface area contributed by atoms with Crippen molar-refractivity contribution in [3.8, 4) is 5.75 Å². The predicted molar refractivity (Wildman–Crippen MR) is 127 cm³/mol. The fraction of sp³-hybridized carbons (Fsp3) is 0.0800. The van der Waals surface area contributed by atoms with E-state index in [9.17, 15) is 13.2 Å². The SMILES string of the molecule is COc1ccc(S(=O)(=O)Nc2ccc(C(=O)Nc3cccc4ccccc34)cc2C)cc1. The van der Waals surface area contributed by atoms with Gasteiger partial charge < -0.3 is 10.1 Å². The van der Waals surface area contributed by atoms with Crippen molar-refractivity contribution in [1.82, 2.24) is 0 Å². The second-order valence-corrected chi connectivity index (χ2v) is 8.97. The first-order chi connectivity index (χ1) is 15.4. The van der Waals surface area contributed by atoms with E-state index in [0.717, 1.165) is 16.5 Å². The number of amides is 1. The number of methoxy groups -OCH3 is 1. The summed E-state index contributed by atoms with van der Waals surface area (Å²) >= 11 is 0. The third-order valence-corrected chi connectivity index (χ3v) is 6.52. The van der Waals surface area contributed by atoms with Crippen LogP contribution in [0.25, 0.3) is 10.8 Å². The second-order valence-electron chi connectivity index (χ2n) is 7.29. The lowest BCUT2D eigenvalue weighted by Crippen LogP contribution is -2.15. The Morgan fingerprint density at radius 3 is 2.28 bits per heavy atom. The topological polar surface area (TPSA) is 84.5 Å². The lowest BCUT2D eigenvalue weighted by atomic mass is 10.1. The fourth-order valence-electron chi connectivity index (χ4n) is 3.41. The lowest BCUT2D eigenvalue weighted by molar-refractivity contribution is 0.102. The molecule has 0 aromatic heterocycles. The highest BCUT2D eigenvalue weighted by Crippen LogP contribution is 2.25. The number of hydrogen-bond acceptors (Lipinski definition) is 4. The molecule has 32 heavy (non-hydrogen) atoms. The fourth-order valence-corrected chi connectivity index (χ4v) is 4.54. The molecule has 4 aromatic rings. The third-order valence-electron chi connectivity index (χ3n) is 5.14. The molecule has 0 fully saturated rings. The Kier molecular flexibility index (Phi) is 5.83. The number of anilines is 2. The van der Waals surface area contributed by atoms with E-state index in [0.29, 0.717) is 22.6 Å². The average Bonchev–Trinajstić information content (AvgIpc) is 2.80. The first kappa shape index (κ1) is 21.4. The Hall–Kier alpha value is -3.84. The van der Waals surface area contributed by atoms with Crippen molar-refractivity contribution in [1.29, 1.82) is 0 Å². The molecule has 2 N–H and O–H groups in total. The molecule has 0 radical (unpaired) electrons. The van der Waals surface area contributed by atoms with E-state index < -0.39 is 10.0 Å². The Balaban J connectivity index is 1.54. The quantitative estimate of drug-likeness (QED) is 0.426. The van der Waals surface area contributed by atoms with Crippen LogP contribution in [0.5, 0.6) is 5.75 Å². The van der Waals surface area contributed by atoms with Gasteiger partial charge >= 0.3 is 0 Å². The van der Waals surface area contributed by atoms with Gasteiger partial charge in [-0.05, 0) is 66.4 Å². The first-order valence-corrected chi connectivity index (χ1v) is 11.4. The van der Waals surface area contributed by atoms with Crippen LogP contribution in [0.2, 0.25) is 0 Å². The standard InChI is InChI=1S/C25H22N2O4S/c1-17-16-19(25(28)26-24-9-5-7-18-6-3-4-8-22(18)24)10-15-23(17)27-32(29,30)21-13-11-20(31-2)12-14-21/h3-16,27H,1-2H3,(H,26,28). The summed E-state index contributed by atoms with van der Waals surface area (Å²) in [6.45, 7) is 1.75. The summed E-state index contributed by atoms with van der Waals surface area (Å²) in [7, 11) is -2.26. The molecule has 0 saturated heterocycles. The molecule has 0 heterocycles. The molecule has 0 aliphatic rings. The molecular formula is C25H22N2O4S. The molecule has 0 spiro atoms. The minimum Gasteiger partial charge on any atom is -0.497 e. The molecule has 0 bridgehead atoms. The monoisotopic (exact) mass is 446 g/mol. The van der Waals surface area contributed by atoms with Crippen molar-refractivity contribution in [2.45, 2.75) is 11.8 Å². The molecule has 0 aliphatic carbocycles. The van der Waals surface area contributed by atoms with Gasteiger partial charge in [-0.25, -0.2) is 8.42 Å². The van der Waals surface area contributed by atoms with Gasteiger partial charge in [0, 0.05) is 16.6 Å². The van der Waals surface area contributed by atoms with Crippen molar-refractivity contribution >= 4 is 38.1 Å². The zero-order valence-corrected chi connectivity index (χ0v) is 18.4. The van der Waals surface area contributed by atoms with Gasteiger partial charge in [-0.3, -0.25) is 9.52 Å². The van der Waals surface area contributed by atoms with Crippen molar-refractivity contribution in [3.63, 3.8) is 0 Å². The molecule has 1 amide bonds. The van der Waals surface area contributed by atoms with Gasteiger partial charge in [0.05, 0.1) is 17.7 Å². The van der Waals surface area contributed by atoms with E-state index in [1.165, 1.54) is 19.2 Å². The number of rotatable bonds is 6. The number of sulfonamides is 1. The normalized spacial score (nSPS) is 11.2. The summed E-state index contributed by atoms with van der Waals surface area (Å²) in [5.41, 5.74) is 2.19. The van der Waals surface area contributed by atoms with Crippen LogP contribution in [0.1, 0.15) is 15.9 Å². The predicted octanol–water partition coefficient (Wildman–Crippen LogP) is 5.21. The van der Waals surface area contributed by atoms with Crippen LogP contribution in [0.3, 0.4) is 0 Å². The molecule has 4 aromatic carbocycles. The number of fused-ring (bicyclic) bond motifs is 1. The van der Waals surface area contributed by atoms with E-state index in [1.807, 2.05) is 42.5 Å². The first-order valence-electron chi connectivity index (χ1n) is 9.94. The Labute approximate surface area is 186 Å². The Bertz CT molecular complexity index is 1390. The molecule has 0 unspecified atom stereocenters. The van der Waals surface area contributed by atoms with Gasteiger partial charge in [0.1, 0.15) is 5.75 Å². The van der Waals surface area contributed by atoms with Crippen LogP contribution >= 0.6 is 0 Å². The molecule has 4 rings (SSSR count). The summed E-state index contributed by atoms with van der Waals surface area (Å²) in [4.78, 5) is 12.9. The molecule has 162 valence electrons. The molecular weight excluding hydrogens is 424 g/mol. The summed E-state index contributed by atoms with van der Waals surface area (Å²) in [5, 5.41) is 4.92. The van der Waals surface area contributed by atoms with Crippen molar-refractivity contribution < 1.29 is 17.9 Å². The number of hydrogen-bond donors (Lipinski definition) is 2. The number of nitrogens with one attached hydrogen (secondary N) is 2. The number of carbonyl (C=O) groups is 1. The number of benzene rings is 4. The van der Waals surface area contributed by atoms with E-state index in [2.05, 4.69) is 10.0 Å². The number of ether oxygens (including phenoxy) is 1. The second kappa shape index (κ2) is 8.72. The van der Waals surface area contributed by atoms with Crippen molar-refractivity contribution in [2.24, 2.45) is 0 Å². The van der Waals surface area contributed by atoms with Crippen LogP contribution in [-0.4, -0.2) is 21.4 Å². The Morgan fingerprint density at radius 1 is 0.844 bits per heavy atom.